The largest absolute Gasteiger partial charge is 0.497 e. The van der Waals surface area contributed by atoms with Crippen LogP contribution in [0.5, 0.6) is 5.75 Å². The number of hydrogen-bond acceptors (Lipinski definition) is 5. The molecule has 10 nitrogen and oxygen atoms in total. The number of carbonyl (C=O) groups excluding carboxylic acids is 2. The Kier molecular flexibility index (Phi) is 8.42. The van der Waals surface area contributed by atoms with Crippen LogP contribution in [0.1, 0.15) is 51.3 Å². The highest BCUT2D eigenvalue weighted by Crippen LogP contribution is 2.34. The molecule has 1 aromatic heterocycles. The summed E-state index contributed by atoms with van der Waals surface area (Å²) >= 11 is 0. The minimum atomic E-state index is -1.14. The number of fused-ring (bicyclic) bond motifs is 1. The molecule has 41 heavy (non-hydrogen) atoms. The molecule has 0 unspecified atom stereocenters. The van der Waals surface area contributed by atoms with Crippen LogP contribution in [0.4, 0.5) is 4.79 Å². The summed E-state index contributed by atoms with van der Waals surface area (Å²) in [6.45, 7) is 4.85. The molecule has 0 saturated carbocycles. The summed E-state index contributed by atoms with van der Waals surface area (Å²) in [7, 11) is 2.86. The number of aromatic carboxylic acids is 1. The van der Waals surface area contributed by atoms with Gasteiger partial charge in [0.2, 0.25) is 0 Å². The van der Waals surface area contributed by atoms with E-state index in [1.807, 2.05) is 25.3 Å². The quantitative estimate of drug-likeness (QED) is 0.173. The van der Waals surface area contributed by atoms with E-state index in [1.165, 1.54) is 20.2 Å². The van der Waals surface area contributed by atoms with Crippen molar-refractivity contribution in [1.29, 1.82) is 5.41 Å². The van der Waals surface area contributed by atoms with E-state index < -0.39 is 17.9 Å². The number of nitrogens with two attached hydrogens (primary N) is 1. The van der Waals surface area contributed by atoms with Gasteiger partial charge in [0, 0.05) is 54.8 Å². The van der Waals surface area contributed by atoms with Gasteiger partial charge in [-0.2, -0.15) is 0 Å². The maximum absolute atomic E-state index is 13.2. The van der Waals surface area contributed by atoms with Crippen LogP contribution in [0.15, 0.2) is 60.8 Å². The van der Waals surface area contributed by atoms with Crippen LogP contribution in [0, 0.1) is 5.41 Å². The molecule has 0 spiro atoms. The number of carboxylic acid groups (broad SMARTS) is 1. The Morgan fingerprint density at radius 2 is 1.73 bits per heavy atom. The summed E-state index contributed by atoms with van der Waals surface area (Å²) in [4.78, 5) is 38.9. The van der Waals surface area contributed by atoms with Gasteiger partial charge >= 0.3 is 12.0 Å². The Morgan fingerprint density at radius 3 is 2.37 bits per heavy atom. The lowest BCUT2D eigenvalue weighted by atomic mass is 9.90. The van der Waals surface area contributed by atoms with Crippen LogP contribution in [0.3, 0.4) is 0 Å². The molecule has 3 amide bonds. The predicted octanol–water partition coefficient (Wildman–Crippen LogP) is 4.71. The van der Waals surface area contributed by atoms with E-state index in [9.17, 15) is 19.5 Å². The molecule has 0 aliphatic heterocycles. The molecule has 4 rings (SSSR count). The number of aromatic nitrogens is 1. The Morgan fingerprint density at radius 1 is 1.00 bits per heavy atom. The fourth-order valence-corrected chi connectivity index (χ4v) is 4.88. The molecule has 0 aliphatic carbocycles. The van der Waals surface area contributed by atoms with Gasteiger partial charge < -0.3 is 25.5 Å². The van der Waals surface area contributed by atoms with Crippen LogP contribution < -0.4 is 15.8 Å². The second kappa shape index (κ2) is 12.0. The van der Waals surface area contributed by atoms with E-state index in [0.717, 1.165) is 26.9 Å². The Bertz CT molecular complexity index is 1670. The summed E-state index contributed by atoms with van der Waals surface area (Å²) in [5.74, 6) is -1.28. The number of nitrogen functional groups attached to an aromatic ring is 1. The molecule has 10 heteroatoms. The molecule has 0 radical (unpaired) electrons. The van der Waals surface area contributed by atoms with E-state index in [2.05, 4.69) is 9.88 Å². The van der Waals surface area contributed by atoms with Crippen molar-refractivity contribution in [1.82, 2.24) is 14.8 Å². The molecule has 5 N–H and O–H groups in total. The zero-order valence-electron chi connectivity index (χ0n) is 23.4. The summed E-state index contributed by atoms with van der Waals surface area (Å²) in [6, 6.07) is 15.0. The first-order chi connectivity index (χ1) is 19.6. The topological polar surface area (TPSA) is 151 Å². The second-order valence-electron chi connectivity index (χ2n) is 9.55. The summed E-state index contributed by atoms with van der Waals surface area (Å²) in [5.41, 5.74) is 10.3. The van der Waals surface area contributed by atoms with Crippen molar-refractivity contribution in [3.63, 3.8) is 0 Å². The van der Waals surface area contributed by atoms with E-state index in [1.54, 1.807) is 43.3 Å². The van der Waals surface area contributed by atoms with Crippen molar-refractivity contribution in [3.8, 4) is 16.9 Å². The molecule has 0 fully saturated rings. The average Bonchev–Trinajstić information content (AvgIpc) is 3.32. The highest BCUT2D eigenvalue weighted by molar-refractivity contribution is 6.05. The maximum Gasteiger partial charge on any atom is 0.336 e. The van der Waals surface area contributed by atoms with Crippen LogP contribution in [0.2, 0.25) is 0 Å². The van der Waals surface area contributed by atoms with Gasteiger partial charge in [0.1, 0.15) is 11.6 Å². The minimum absolute atomic E-state index is 0.0156. The monoisotopic (exact) mass is 555 g/mol. The summed E-state index contributed by atoms with van der Waals surface area (Å²) < 4.78 is 7.33. The first kappa shape index (κ1) is 28.9. The number of imide groups is 1. The summed E-state index contributed by atoms with van der Waals surface area (Å²) in [6.07, 6.45) is 2.47. The van der Waals surface area contributed by atoms with Crippen molar-refractivity contribution in [2.45, 2.75) is 26.8 Å². The van der Waals surface area contributed by atoms with Crippen LogP contribution >= 0.6 is 0 Å². The van der Waals surface area contributed by atoms with Gasteiger partial charge in [0.15, 0.2) is 0 Å². The molecule has 212 valence electrons. The number of methoxy groups -OCH3 is 1. The van der Waals surface area contributed by atoms with E-state index in [4.69, 9.17) is 15.9 Å². The van der Waals surface area contributed by atoms with E-state index >= 15 is 0 Å². The molecular formula is C31H33N5O5. The van der Waals surface area contributed by atoms with Crippen molar-refractivity contribution in [3.05, 3.63) is 88.6 Å². The Hall–Kier alpha value is -5.12. The standard InChI is InChI=1S/C31H33N5O5/c1-5-34-31(40)35(3)29(37)20-8-7-18(25(14-20)24-12-10-22(41-4)16-26(24)30(38)39)13-21-17-36(6-2)27-15-19(28(32)33)9-11-23(21)27/h7-12,14-17H,5-6,13H2,1-4H3,(H3,32,33)(H,34,40)(H,38,39). The molecule has 3 aromatic carbocycles. The van der Waals surface area contributed by atoms with Crippen LogP contribution in [0.25, 0.3) is 22.0 Å². The second-order valence-corrected chi connectivity index (χ2v) is 9.55. The number of carboxylic acids is 1. The van der Waals surface area contributed by atoms with Crippen LogP contribution in [-0.4, -0.2) is 59.0 Å². The van der Waals surface area contributed by atoms with Gasteiger partial charge in [-0.3, -0.25) is 15.1 Å². The van der Waals surface area contributed by atoms with Crippen molar-refractivity contribution in [2.75, 3.05) is 20.7 Å². The lowest BCUT2D eigenvalue weighted by molar-refractivity contribution is 0.0696. The predicted molar refractivity (Wildman–Crippen MR) is 158 cm³/mol. The number of aryl methyl sites for hydroxylation is 1. The van der Waals surface area contributed by atoms with Crippen molar-refractivity contribution < 1.29 is 24.2 Å². The molecule has 4 aromatic rings. The number of nitrogens with zero attached hydrogens (tertiary/aromatic N) is 2. The number of benzene rings is 3. The fraction of sp³-hybridized carbons (Fsp3) is 0.226. The number of hydrogen-bond donors (Lipinski definition) is 4. The molecule has 0 bridgehead atoms. The third-order valence-corrected chi connectivity index (χ3v) is 7.04. The number of amidine groups is 1. The van der Waals surface area contributed by atoms with E-state index in [-0.39, 0.29) is 17.0 Å². The zero-order chi connectivity index (χ0) is 29.8. The fourth-order valence-electron chi connectivity index (χ4n) is 4.88. The van der Waals surface area contributed by atoms with E-state index in [0.29, 0.717) is 42.0 Å². The van der Waals surface area contributed by atoms with Gasteiger partial charge in [-0.05, 0) is 72.5 Å². The van der Waals surface area contributed by atoms with Gasteiger partial charge in [-0.25, -0.2) is 9.59 Å². The minimum Gasteiger partial charge on any atom is -0.497 e. The molecular weight excluding hydrogens is 522 g/mol. The summed E-state index contributed by atoms with van der Waals surface area (Å²) in [5, 5.41) is 21.5. The average molecular weight is 556 g/mol. The Labute approximate surface area is 237 Å². The Balaban J connectivity index is 1.89. The van der Waals surface area contributed by atoms with Crippen LogP contribution in [-0.2, 0) is 13.0 Å². The number of nitrogens with one attached hydrogen (secondary N) is 2. The number of rotatable bonds is 9. The highest BCUT2D eigenvalue weighted by atomic mass is 16.5. The highest BCUT2D eigenvalue weighted by Gasteiger charge is 2.22. The van der Waals surface area contributed by atoms with Gasteiger partial charge in [0.05, 0.1) is 12.7 Å². The van der Waals surface area contributed by atoms with Crippen molar-refractivity contribution in [2.24, 2.45) is 5.73 Å². The number of urea groups is 1. The molecule has 0 atom stereocenters. The molecule has 0 saturated heterocycles. The van der Waals surface area contributed by atoms with Gasteiger partial charge in [-0.1, -0.05) is 18.2 Å². The first-order valence-electron chi connectivity index (χ1n) is 13.2. The third-order valence-electron chi connectivity index (χ3n) is 7.04. The number of carbonyl (C=O) groups is 3. The van der Waals surface area contributed by atoms with Crippen molar-refractivity contribution >= 4 is 34.6 Å². The smallest absolute Gasteiger partial charge is 0.336 e. The number of ether oxygens (including phenoxy) is 1. The molecule has 1 heterocycles. The number of amides is 3. The molecule has 0 aliphatic rings. The lowest BCUT2D eigenvalue weighted by Crippen LogP contribution is -2.41. The SMILES string of the molecule is CCNC(=O)N(C)C(=O)c1ccc(Cc2cn(CC)c3cc(C(=N)N)ccc23)c(-c2ccc(OC)cc2C(=O)O)c1. The van der Waals surface area contributed by atoms with Gasteiger partial charge in [0.25, 0.3) is 5.91 Å². The third kappa shape index (κ3) is 5.76. The van der Waals surface area contributed by atoms with Gasteiger partial charge in [-0.15, -0.1) is 0 Å². The zero-order valence-corrected chi connectivity index (χ0v) is 23.4. The maximum atomic E-state index is 13.2. The first-order valence-corrected chi connectivity index (χ1v) is 13.2. The lowest BCUT2D eigenvalue weighted by Gasteiger charge is -2.18. The normalized spacial score (nSPS) is 10.8.